The number of aromatic hydroxyl groups is 2. The molecule has 14 heavy (non-hydrogen) atoms. The van der Waals surface area contributed by atoms with Gasteiger partial charge in [0.05, 0.1) is 5.69 Å². The van der Waals surface area contributed by atoms with Crippen LogP contribution in [0.1, 0.15) is 10.4 Å². The summed E-state index contributed by atoms with van der Waals surface area (Å²) in [5, 5.41) is 18.2. The highest BCUT2D eigenvalue weighted by atomic mass is 32.2. The number of carbonyl (C=O) groups excluding carboxylic acids is 1. The van der Waals surface area contributed by atoms with E-state index in [-0.39, 0.29) is 11.3 Å². The maximum Gasteiger partial charge on any atom is 0.182 e. The highest BCUT2D eigenvalue weighted by Crippen LogP contribution is 2.34. The second kappa shape index (κ2) is 4.07. The zero-order chi connectivity index (χ0) is 10.7. The van der Waals surface area contributed by atoms with Crippen LogP contribution in [0.4, 0.5) is 5.69 Å². The Labute approximate surface area is 81.6 Å². The molecule has 1 rings (SSSR count). The fraction of sp³-hybridized carbons (Fsp3) is 0. The van der Waals surface area contributed by atoms with Crippen LogP contribution in [0, 0.1) is 0 Å². The van der Waals surface area contributed by atoms with Crippen LogP contribution < -0.4 is 4.72 Å². The maximum atomic E-state index is 10.3. The van der Waals surface area contributed by atoms with Crippen LogP contribution in [-0.2, 0) is 11.3 Å². The third kappa shape index (κ3) is 2.21. The van der Waals surface area contributed by atoms with Crippen molar-refractivity contribution in [2.75, 3.05) is 4.72 Å². The van der Waals surface area contributed by atoms with Gasteiger partial charge in [-0.15, -0.1) is 0 Å². The predicted molar refractivity (Wildman–Crippen MR) is 47.7 cm³/mol. The maximum absolute atomic E-state index is 10.3. The number of phenolic OH excluding ortho intramolecular Hbond substituents is 2. The molecule has 0 bridgehead atoms. The Balaban J connectivity index is 3.19. The number of hydrogen-bond donors (Lipinski definition) is 3. The number of benzene rings is 1. The number of carbonyl (C=O) groups is 1. The van der Waals surface area contributed by atoms with Crippen LogP contribution in [-0.4, -0.2) is 25.3 Å². The molecule has 1 atom stereocenters. The highest BCUT2D eigenvalue weighted by molar-refractivity contribution is 7.80. The van der Waals surface area contributed by atoms with E-state index in [1.54, 1.807) is 0 Å². The quantitative estimate of drug-likeness (QED) is 0.377. The van der Waals surface area contributed by atoms with Gasteiger partial charge in [0, 0.05) is 16.8 Å². The number of rotatable bonds is 3. The van der Waals surface area contributed by atoms with Crippen LogP contribution in [0.3, 0.4) is 0 Å². The normalized spacial score (nSPS) is 12.1. The molecule has 7 heteroatoms. The van der Waals surface area contributed by atoms with Gasteiger partial charge >= 0.3 is 0 Å². The van der Waals surface area contributed by atoms with Crippen molar-refractivity contribution < 1.29 is 23.8 Å². The van der Waals surface area contributed by atoms with Crippen molar-refractivity contribution in [2.24, 2.45) is 0 Å². The van der Waals surface area contributed by atoms with Crippen LogP contribution >= 0.6 is 0 Å². The summed E-state index contributed by atoms with van der Waals surface area (Å²) in [5.41, 5.74) is -0.200. The van der Waals surface area contributed by atoms with Gasteiger partial charge in [-0.2, -0.15) is 0 Å². The minimum absolute atomic E-state index is 0.0493. The smallest absolute Gasteiger partial charge is 0.182 e. The Morgan fingerprint density at radius 2 is 2.07 bits per heavy atom. The summed E-state index contributed by atoms with van der Waals surface area (Å²) >= 11 is -2.63. The van der Waals surface area contributed by atoms with E-state index in [0.29, 0.717) is 6.29 Å². The summed E-state index contributed by atoms with van der Waals surface area (Å²) in [5.74, 6) is -1.19. The fourth-order valence-electron chi connectivity index (χ4n) is 0.877. The summed E-state index contributed by atoms with van der Waals surface area (Å²) < 4.78 is 22.3. The highest BCUT2D eigenvalue weighted by Gasteiger charge is 2.08. The number of anilines is 1. The van der Waals surface area contributed by atoms with Crippen molar-refractivity contribution in [3.63, 3.8) is 0 Å². The van der Waals surface area contributed by atoms with Gasteiger partial charge in [0.25, 0.3) is 0 Å². The average Bonchev–Trinajstić information content (AvgIpc) is 2.11. The van der Waals surface area contributed by atoms with Crippen molar-refractivity contribution in [1.29, 1.82) is 0 Å². The van der Waals surface area contributed by atoms with Gasteiger partial charge < -0.3 is 19.5 Å². The van der Waals surface area contributed by atoms with Crippen LogP contribution in [0.25, 0.3) is 0 Å². The lowest BCUT2D eigenvalue weighted by Crippen LogP contribution is -2.03. The molecule has 1 unspecified atom stereocenters. The molecule has 0 amide bonds. The summed E-state index contributed by atoms with van der Waals surface area (Å²) in [4.78, 5) is 10.3. The number of phenols is 2. The molecule has 0 spiro atoms. The van der Waals surface area contributed by atoms with E-state index in [1.807, 2.05) is 4.72 Å². The summed E-state index contributed by atoms with van der Waals surface area (Å²) in [7, 11) is 0. The number of hydrogen-bond acceptors (Lipinski definition) is 5. The molecule has 76 valence electrons. The van der Waals surface area contributed by atoms with Crippen molar-refractivity contribution >= 4 is 23.2 Å². The Kier molecular flexibility index (Phi) is 3.05. The Morgan fingerprint density at radius 1 is 1.43 bits per heavy atom. The van der Waals surface area contributed by atoms with Crippen LogP contribution in [0.2, 0.25) is 0 Å². The zero-order valence-electron chi connectivity index (χ0n) is 6.76. The lowest BCUT2D eigenvalue weighted by molar-refractivity contribution is 0.112. The van der Waals surface area contributed by atoms with Gasteiger partial charge in [-0.25, -0.2) is 0 Å². The summed E-state index contributed by atoms with van der Waals surface area (Å²) in [6, 6.07) is 2.11. The summed E-state index contributed by atoms with van der Waals surface area (Å²) in [6.07, 6.45) is 0.415. The first-order valence-corrected chi connectivity index (χ1v) is 4.49. The molecule has 0 aliphatic rings. The zero-order valence-corrected chi connectivity index (χ0v) is 7.58. The summed E-state index contributed by atoms with van der Waals surface area (Å²) in [6.45, 7) is 0. The lowest BCUT2D eigenvalue weighted by atomic mass is 10.2. The first kappa shape index (κ1) is 10.5. The molecule has 6 nitrogen and oxygen atoms in total. The standard InChI is InChI=1S/C7H7NO5S/c9-3-4-1-5(8-14(12)13)7(11)6(10)2-4/h1-3,8,10-11H,(H,12,13)/p-1. The molecule has 0 fully saturated rings. The molecule has 0 aliphatic heterocycles. The number of aldehydes is 1. The van der Waals surface area contributed by atoms with Crippen molar-refractivity contribution in [1.82, 2.24) is 0 Å². The Morgan fingerprint density at radius 3 is 2.57 bits per heavy atom. The first-order chi connectivity index (χ1) is 6.54. The van der Waals surface area contributed by atoms with Gasteiger partial charge in [-0.3, -0.25) is 9.00 Å². The van der Waals surface area contributed by atoms with Gasteiger partial charge in [0.15, 0.2) is 11.5 Å². The van der Waals surface area contributed by atoms with E-state index in [1.165, 1.54) is 0 Å². The molecule has 1 aromatic rings. The molecule has 0 radical (unpaired) electrons. The minimum atomic E-state index is -2.63. The van der Waals surface area contributed by atoms with Crippen molar-refractivity contribution in [2.45, 2.75) is 0 Å². The molecule has 0 aromatic heterocycles. The third-order valence-electron chi connectivity index (χ3n) is 1.44. The van der Waals surface area contributed by atoms with E-state index in [0.717, 1.165) is 12.1 Å². The molecule has 3 N–H and O–H groups in total. The molecule has 0 aliphatic carbocycles. The largest absolute Gasteiger partial charge is 0.755 e. The Hall–Kier alpha value is -1.60. The molecular formula is C7H6NO5S-. The minimum Gasteiger partial charge on any atom is -0.755 e. The lowest BCUT2D eigenvalue weighted by Gasteiger charge is -2.11. The van der Waals surface area contributed by atoms with E-state index in [4.69, 9.17) is 10.2 Å². The van der Waals surface area contributed by atoms with Gasteiger partial charge in [0.2, 0.25) is 0 Å². The van der Waals surface area contributed by atoms with E-state index in [9.17, 15) is 13.6 Å². The SMILES string of the molecule is O=Cc1cc(O)c(O)c(NS(=O)[O-])c1. The van der Waals surface area contributed by atoms with Crippen molar-refractivity contribution in [3.8, 4) is 11.5 Å². The molecule has 0 heterocycles. The van der Waals surface area contributed by atoms with Gasteiger partial charge in [0.1, 0.15) is 6.29 Å². The monoisotopic (exact) mass is 216 g/mol. The van der Waals surface area contributed by atoms with Gasteiger partial charge in [-0.1, -0.05) is 0 Å². The topological polar surface area (TPSA) is 110 Å². The van der Waals surface area contributed by atoms with E-state index < -0.39 is 22.8 Å². The van der Waals surface area contributed by atoms with Crippen LogP contribution in [0.5, 0.6) is 11.5 Å². The Bertz CT molecular complexity index is 392. The first-order valence-electron chi connectivity index (χ1n) is 3.41. The molecular weight excluding hydrogens is 210 g/mol. The average molecular weight is 216 g/mol. The number of nitrogens with one attached hydrogen (secondary N) is 1. The molecule has 0 saturated carbocycles. The second-order valence-electron chi connectivity index (χ2n) is 2.39. The fourth-order valence-corrected chi connectivity index (χ4v) is 1.21. The molecule has 1 aromatic carbocycles. The van der Waals surface area contributed by atoms with E-state index in [2.05, 4.69) is 0 Å². The predicted octanol–water partition coefficient (Wildman–Crippen LogP) is 0.116. The van der Waals surface area contributed by atoms with E-state index >= 15 is 0 Å². The second-order valence-corrected chi connectivity index (χ2v) is 3.06. The van der Waals surface area contributed by atoms with Crippen molar-refractivity contribution in [3.05, 3.63) is 17.7 Å². The molecule has 0 saturated heterocycles. The van der Waals surface area contributed by atoms with Crippen LogP contribution in [0.15, 0.2) is 12.1 Å². The third-order valence-corrected chi connectivity index (χ3v) is 1.83. The van der Waals surface area contributed by atoms with Gasteiger partial charge in [-0.05, 0) is 12.1 Å².